The molecular weight excluding hydrogens is 116 g/mol. The lowest BCUT2D eigenvalue weighted by Crippen LogP contribution is -1.68. The van der Waals surface area contributed by atoms with E-state index >= 15 is 0 Å². The number of aromatic amines is 1. The van der Waals surface area contributed by atoms with Gasteiger partial charge in [-0.15, -0.1) is 0 Å². The molecule has 1 heterocycles. The number of rotatable bonds is 0. The fraction of sp³-hybridized carbons (Fsp3) is 0. The monoisotopic (exact) mass is 122 g/mol. The largest absolute Gasteiger partial charge is 0.283 e. The molecule has 0 aromatic carbocycles. The molecule has 1 N–H and O–H groups in total. The first-order valence-electron chi connectivity index (χ1n) is 2.47. The lowest BCUT2D eigenvalue weighted by atomic mass is 10.9. The number of aromatic nitrogens is 4. The summed E-state index contributed by atoms with van der Waals surface area (Å²) < 4.78 is 0. The minimum atomic E-state index is 1.40. The average molecular weight is 122 g/mol. The van der Waals surface area contributed by atoms with Crippen molar-refractivity contribution in [1.29, 1.82) is 0 Å². The minimum absolute atomic E-state index is 1.40. The zero-order valence-corrected chi connectivity index (χ0v) is 4.73. The molecule has 0 aliphatic rings. The van der Waals surface area contributed by atoms with Crippen LogP contribution >= 0.6 is 0 Å². The van der Waals surface area contributed by atoms with Crippen LogP contribution in [-0.2, 0) is 0 Å². The summed E-state index contributed by atoms with van der Waals surface area (Å²) in [6.07, 6.45) is 7.74. The number of hydrogen-bond donors (Lipinski definition) is 1. The third-order valence-corrected chi connectivity index (χ3v) is 0.673. The van der Waals surface area contributed by atoms with Gasteiger partial charge in [0.2, 0.25) is 0 Å². The van der Waals surface area contributed by atoms with Crippen molar-refractivity contribution < 1.29 is 0 Å². The smallest absolute Gasteiger partial charge is 0.135 e. The van der Waals surface area contributed by atoms with E-state index in [2.05, 4.69) is 20.2 Å². The molecule has 0 saturated carbocycles. The van der Waals surface area contributed by atoms with Crippen molar-refractivity contribution in [2.45, 2.75) is 0 Å². The highest BCUT2D eigenvalue weighted by molar-refractivity contribution is 4.64. The molecule has 0 aliphatic carbocycles. The van der Waals surface area contributed by atoms with Crippen LogP contribution in [0.4, 0.5) is 0 Å². The molecule has 0 saturated heterocycles. The molecule has 0 aliphatic heterocycles. The highest BCUT2D eigenvalue weighted by Crippen LogP contribution is 1.62. The van der Waals surface area contributed by atoms with Gasteiger partial charge in [0.15, 0.2) is 0 Å². The quantitative estimate of drug-likeness (QED) is 0.539. The summed E-state index contributed by atoms with van der Waals surface area (Å²) in [4.78, 5) is 7.52. The summed E-state index contributed by atoms with van der Waals surface area (Å²) in [5, 5.41) is 6.24. The van der Waals surface area contributed by atoms with Gasteiger partial charge in [-0.2, -0.15) is 5.10 Å². The molecule has 1 aromatic heterocycles. The average Bonchev–Trinajstić information content (AvgIpc) is 2.00. The van der Waals surface area contributed by atoms with E-state index in [1.54, 1.807) is 24.8 Å². The van der Waals surface area contributed by atoms with E-state index in [4.69, 9.17) is 0 Å². The molecule has 0 unspecified atom stereocenters. The molecule has 1 aromatic rings. The zero-order chi connectivity index (χ0) is 6.36. The van der Waals surface area contributed by atoms with Gasteiger partial charge in [-0.3, -0.25) is 10.1 Å². The molecule has 0 atom stereocenters. The van der Waals surface area contributed by atoms with Crippen molar-refractivity contribution in [3.63, 3.8) is 0 Å². The fourth-order valence-corrected chi connectivity index (χ4v) is 0.351. The maximum absolute atomic E-state index is 3.79. The Morgan fingerprint density at radius 2 is 1.89 bits per heavy atom. The second kappa shape index (κ2) is 3.54. The first-order chi connectivity index (χ1) is 4.50. The van der Waals surface area contributed by atoms with Gasteiger partial charge in [-0.1, -0.05) is 0 Å². The lowest BCUT2D eigenvalue weighted by molar-refractivity contribution is 1.01. The van der Waals surface area contributed by atoms with Crippen LogP contribution < -0.4 is 0 Å². The van der Waals surface area contributed by atoms with E-state index in [1.807, 2.05) is 0 Å². The Balaban J connectivity index is 3.04. The van der Waals surface area contributed by atoms with Crippen LogP contribution in [0.15, 0.2) is 31.1 Å². The van der Waals surface area contributed by atoms with E-state index < -0.39 is 0 Å². The molecule has 9 heavy (non-hydrogen) atoms. The Hall–Kier alpha value is -1.45. The highest BCUT2D eigenvalue weighted by Gasteiger charge is 1.58. The predicted molar refractivity (Wildman–Crippen MR) is 31.8 cm³/mol. The van der Waals surface area contributed by atoms with Gasteiger partial charge in [0, 0.05) is 24.8 Å². The second-order valence-corrected chi connectivity index (χ2v) is 1.29. The van der Waals surface area contributed by atoms with E-state index in [0.717, 1.165) is 0 Å². The highest BCUT2D eigenvalue weighted by atomic mass is 15.1. The molecule has 0 bridgehead atoms. The molecule has 0 amide bonds. The van der Waals surface area contributed by atoms with Crippen molar-refractivity contribution in [2.75, 3.05) is 0 Å². The molecular formula is C5H6N4. The van der Waals surface area contributed by atoms with Crippen LogP contribution in [0.25, 0.3) is 0 Å². The van der Waals surface area contributed by atoms with Gasteiger partial charge in [0.05, 0.1) is 0 Å². The number of nitrogens with one attached hydrogen (secondary N) is 1. The fourth-order valence-electron chi connectivity index (χ4n) is 0.351. The van der Waals surface area contributed by atoms with Gasteiger partial charge in [0.1, 0.15) is 6.33 Å². The summed E-state index contributed by atoms with van der Waals surface area (Å²) >= 11 is 0. The van der Waals surface area contributed by atoms with Gasteiger partial charge >= 0.3 is 0 Å². The Bertz CT molecular complexity index is 131. The topological polar surface area (TPSA) is 54.5 Å². The Kier molecular flexibility index (Phi) is 2.23. The molecule has 0 fully saturated rings. The third kappa shape index (κ3) is 2.38. The Morgan fingerprint density at radius 3 is 2.89 bits per heavy atom. The maximum Gasteiger partial charge on any atom is 0.135 e. The summed E-state index contributed by atoms with van der Waals surface area (Å²) in [5.74, 6) is 0. The van der Waals surface area contributed by atoms with Crippen molar-refractivity contribution in [3.8, 4) is 0 Å². The Labute approximate surface area is 52.3 Å². The van der Waals surface area contributed by atoms with Crippen LogP contribution in [0.3, 0.4) is 0 Å². The van der Waals surface area contributed by atoms with E-state index in [1.165, 1.54) is 6.33 Å². The third-order valence-electron chi connectivity index (χ3n) is 0.673. The van der Waals surface area contributed by atoms with Crippen molar-refractivity contribution >= 4 is 0 Å². The summed E-state index contributed by atoms with van der Waals surface area (Å²) in [6.45, 7) is 0. The first-order valence-corrected chi connectivity index (χ1v) is 2.47. The minimum Gasteiger partial charge on any atom is -0.283 e. The molecule has 0 radical (unpaired) electrons. The summed E-state index contributed by atoms with van der Waals surface area (Å²) in [5.41, 5.74) is 0. The standard InChI is InChI=1S/C5H6N4/c1-2-7-5-9-8-4-3-6-1/h1-5,8H. The van der Waals surface area contributed by atoms with Crippen LogP contribution in [-0.4, -0.2) is 20.2 Å². The van der Waals surface area contributed by atoms with E-state index in [-0.39, 0.29) is 0 Å². The van der Waals surface area contributed by atoms with Crippen LogP contribution in [0, 0.1) is 0 Å². The van der Waals surface area contributed by atoms with Crippen LogP contribution in [0.2, 0.25) is 0 Å². The number of nitrogens with zero attached hydrogens (tertiary/aromatic N) is 3. The van der Waals surface area contributed by atoms with Crippen LogP contribution in [0.1, 0.15) is 0 Å². The van der Waals surface area contributed by atoms with Crippen molar-refractivity contribution in [1.82, 2.24) is 20.2 Å². The number of hydrogen-bond acceptors (Lipinski definition) is 3. The van der Waals surface area contributed by atoms with E-state index in [9.17, 15) is 0 Å². The molecule has 1 rings (SSSR count). The maximum atomic E-state index is 3.79. The molecule has 46 valence electrons. The molecule has 4 nitrogen and oxygen atoms in total. The van der Waals surface area contributed by atoms with Gasteiger partial charge in [-0.25, -0.2) is 4.98 Å². The summed E-state index contributed by atoms with van der Waals surface area (Å²) in [6, 6.07) is 0. The molecule has 4 heteroatoms. The zero-order valence-electron chi connectivity index (χ0n) is 4.73. The predicted octanol–water partition coefficient (Wildman–Crippen LogP) is 0.324. The van der Waals surface area contributed by atoms with Crippen molar-refractivity contribution in [2.24, 2.45) is 0 Å². The van der Waals surface area contributed by atoms with Gasteiger partial charge in [0.25, 0.3) is 0 Å². The van der Waals surface area contributed by atoms with Gasteiger partial charge in [-0.05, 0) is 0 Å². The molecule has 0 spiro atoms. The first kappa shape index (κ1) is 5.68. The van der Waals surface area contributed by atoms with E-state index in [0.29, 0.717) is 0 Å². The SMILES string of the molecule is c1cncn[nH]ccn1. The second-order valence-electron chi connectivity index (χ2n) is 1.29. The van der Waals surface area contributed by atoms with Crippen molar-refractivity contribution in [3.05, 3.63) is 31.1 Å². The normalized spacial score (nSPS) is 8.00. The number of H-pyrrole nitrogens is 1. The lowest BCUT2D eigenvalue weighted by Gasteiger charge is -1.64. The van der Waals surface area contributed by atoms with Crippen LogP contribution in [0.5, 0.6) is 0 Å². The Morgan fingerprint density at radius 1 is 1.00 bits per heavy atom. The summed E-state index contributed by atoms with van der Waals surface area (Å²) in [7, 11) is 0. The van der Waals surface area contributed by atoms with Gasteiger partial charge < -0.3 is 0 Å².